The molecule has 0 N–H and O–H groups in total. The lowest BCUT2D eigenvalue weighted by atomic mass is 9.96. The third-order valence-corrected chi connectivity index (χ3v) is 4.37. The lowest BCUT2D eigenvalue weighted by Crippen LogP contribution is -2.42. The summed E-state index contributed by atoms with van der Waals surface area (Å²) >= 11 is 9.44. The van der Waals surface area contributed by atoms with Crippen LogP contribution in [0.2, 0.25) is 5.02 Å². The number of piperidine rings is 1. The van der Waals surface area contributed by atoms with E-state index >= 15 is 0 Å². The number of alkyl halides is 4. The van der Waals surface area contributed by atoms with Gasteiger partial charge in [0.15, 0.2) is 0 Å². The van der Waals surface area contributed by atoms with Crippen molar-refractivity contribution in [2.24, 2.45) is 5.92 Å². The van der Waals surface area contributed by atoms with E-state index in [4.69, 9.17) is 11.6 Å². The molecule has 1 heterocycles. The number of nitrogens with zero attached hydrogens (tertiary/aromatic N) is 1. The van der Waals surface area contributed by atoms with Crippen LogP contribution in [0.15, 0.2) is 18.2 Å². The second-order valence-corrected chi connectivity index (χ2v) is 5.67. The van der Waals surface area contributed by atoms with Crippen LogP contribution in [0.5, 0.6) is 0 Å². The molecule has 0 aromatic heterocycles. The molecule has 1 aliphatic rings. The van der Waals surface area contributed by atoms with Crippen molar-refractivity contribution in [1.82, 2.24) is 0 Å². The molecular formula is C13H14BrClF3N. The Bertz CT molecular complexity index is 450. The first-order valence-corrected chi connectivity index (χ1v) is 7.58. The van der Waals surface area contributed by atoms with Crippen molar-refractivity contribution in [2.45, 2.75) is 24.3 Å². The van der Waals surface area contributed by atoms with E-state index in [0.717, 1.165) is 11.3 Å². The summed E-state index contributed by atoms with van der Waals surface area (Å²) in [5.41, 5.74) is 1.66. The maximum atomic E-state index is 12.8. The molecule has 0 bridgehead atoms. The fourth-order valence-electron chi connectivity index (χ4n) is 2.44. The third-order valence-electron chi connectivity index (χ3n) is 3.45. The molecule has 19 heavy (non-hydrogen) atoms. The van der Waals surface area contributed by atoms with Gasteiger partial charge in [-0.1, -0.05) is 33.6 Å². The predicted molar refractivity (Wildman–Crippen MR) is 75.1 cm³/mol. The number of benzene rings is 1. The van der Waals surface area contributed by atoms with Crippen molar-refractivity contribution >= 4 is 33.2 Å². The van der Waals surface area contributed by atoms with Gasteiger partial charge in [-0.25, -0.2) is 0 Å². The zero-order valence-corrected chi connectivity index (χ0v) is 12.5. The van der Waals surface area contributed by atoms with Crippen LogP contribution < -0.4 is 4.90 Å². The SMILES string of the molecule is FC(F)(F)C1CCCN(c2cccc(Cl)c2CBr)C1. The molecule has 106 valence electrons. The summed E-state index contributed by atoms with van der Waals surface area (Å²) in [5, 5.41) is 1.12. The highest BCUT2D eigenvalue weighted by molar-refractivity contribution is 9.08. The summed E-state index contributed by atoms with van der Waals surface area (Å²) in [5.74, 6) is -1.25. The van der Waals surface area contributed by atoms with Crippen LogP contribution in [-0.4, -0.2) is 19.3 Å². The summed E-state index contributed by atoms with van der Waals surface area (Å²) in [6.07, 6.45) is -3.35. The van der Waals surface area contributed by atoms with Crippen molar-refractivity contribution in [3.05, 3.63) is 28.8 Å². The maximum absolute atomic E-state index is 12.8. The highest BCUT2D eigenvalue weighted by atomic mass is 79.9. The van der Waals surface area contributed by atoms with Crippen LogP contribution in [-0.2, 0) is 5.33 Å². The molecule has 1 aliphatic heterocycles. The Balaban J connectivity index is 2.25. The number of hydrogen-bond donors (Lipinski definition) is 0. The average molecular weight is 357 g/mol. The molecule has 1 fully saturated rings. The van der Waals surface area contributed by atoms with Gasteiger partial charge in [0, 0.05) is 34.7 Å². The Hall–Kier alpha value is -0.420. The van der Waals surface area contributed by atoms with E-state index < -0.39 is 12.1 Å². The van der Waals surface area contributed by atoms with E-state index in [1.807, 2.05) is 6.07 Å². The Morgan fingerprint density at radius 1 is 1.37 bits per heavy atom. The monoisotopic (exact) mass is 355 g/mol. The van der Waals surface area contributed by atoms with Gasteiger partial charge >= 0.3 is 6.18 Å². The molecule has 0 radical (unpaired) electrons. The molecule has 1 aromatic carbocycles. The molecular weight excluding hydrogens is 343 g/mol. The van der Waals surface area contributed by atoms with E-state index in [1.165, 1.54) is 0 Å². The molecule has 2 rings (SSSR count). The third kappa shape index (κ3) is 3.37. The Morgan fingerprint density at radius 2 is 2.11 bits per heavy atom. The van der Waals surface area contributed by atoms with Crippen LogP contribution >= 0.6 is 27.5 Å². The van der Waals surface area contributed by atoms with Gasteiger partial charge in [-0.3, -0.25) is 0 Å². The smallest absolute Gasteiger partial charge is 0.371 e. The van der Waals surface area contributed by atoms with Crippen LogP contribution in [0, 0.1) is 5.92 Å². The minimum absolute atomic E-state index is 0.0177. The lowest BCUT2D eigenvalue weighted by molar-refractivity contribution is -0.175. The summed E-state index contributed by atoms with van der Waals surface area (Å²) in [4.78, 5) is 1.80. The first kappa shape index (κ1) is 15.0. The van der Waals surface area contributed by atoms with Crippen molar-refractivity contribution in [3.63, 3.8) is 0 Å². The topological polar surface area (TPSA) is 3.24 Å². The second-order valence-electron chi connectivity index (χ2n) is 4.70. The summed E-state index contributed by atoms with van der Waals surface area (Å²) in [6.45, 7) is 0.663. The first-order valence-electron chi connectivity index (χ1n) is 6.08. The number of rotatable bonds is 2. The van der Waals surface area contributed by atoms with E-state index in [0.29, 0.717) is 23.3 Å². The molecule has 1 saturated heterocycles. The van der Waals surface area contributed by atoms with Gasteiger partial charge in [0.1, 0.15) is 0 Å². The van der Waals surface area contributed by atoms with Crippen LogP contribution in [0.4, 0.5) is 18.9 Å². The van der Waals surface area contributed by atoms with Gasteiger partial charge in [-0.15, -0.1) is 0 Å². The zero-order chi connectivity index (χ0) is 14.0. The molecule has 0 aliphatic carbocycles. The normalized spacial score (nSPS) is 20.7. The molecule has 1 atom stereocenters. The summed E-state index contributed by atoms with van der Waals surface area (Å²) in [7, 11) is 0. The largest absolute Gasteiger partial charge is 0.393 e. The number of halogens is 5. The van der Waals surface area contributed by atoms with E-state index in [-0.39, 0.29) is 13.0 Å². The summed E-state index contributed by atoms with van der Waals surface area (Å²) < 4.78 is 38.5. The van der Waals surface area contributed by atoms with Gasteiger partial charge in [-0.05, 0) is 25.0 Å². The van der Waals surface area contributed by atoms with Crippen LogP contribution in [0.1, 0.15) is 18.4 Å². The minimum Gasteiger partial charge on any atom is -0.371 e. The van der Waals surface area contributed by atoms with Crippen LogP contribution in [0.3, 0.4) is 0 Å². The highest BCUT2D eigenvalue weighted by Gasteiger charge is 2.42. The Labute approximate surface area is 123 Å². The van der Waals surface area contributed by atoms with E-state index in [9.17, 15) is 13.2 Å². The highest BCUT2D eigenvalue weighted by Crippen LogP contribution is 2.37. The predicted octanol–water partition coefficient (Wildman–Crippen LogP) is 5.01. The van der Waals surface area contributed by atoms with Gasteiger partial charge < -0.3 is 4.90 Å². The number of anilines is 1. The quantitative estimate of drug-likeness (QED) is 0.673. The summed E-state index contributed by atoms with van der Waals surface area (Å²) in [6, 6.07) is 5.37. The standard InChI is InChI=1S/C13H14BrClF3N/c14-7-10-11(15)4-1-5-12(10)19-6-2-3-9(8-19)13(16,17)18/h1,4-5,9H,2-3,6-8H2. The zero-order valence-electron chi connectivity index (χ0n) is 10.2. The molecule has 6 heteroatoms. The fraction of sp³-hybridized carbons (Fsp3) is 0.538. The van der Waals surface area contributed by atoms with Gasteiger partial charge in [0.25, 0.3) is 0 Å². The molecule has 0 saturated carbocycles. The van der Waals surface area contributed by atoms with E-state index in [1.54, 1.807) is 17.0 Å². The van der Waals surface area contributed by atoms with Crippen molar-refractivity contribution < 1.29 is 13.2 Å². The van der Waals surface area contributed by atoms with Gasteiger partial charge in [0.2, 0.25) is 0 Å². The van der Waals surface area contributed by atoms with Gasteiger partial charge in [0.05, 0.1) is 5.92 Å². The van der Waals surface area contributed by atoms with Crippen molar-refractivity contribution in [1.29, 1.82) is 0 Å². The lowest BCUT2D eigenvalue weighted by Gasteiger charge is -2.36. The Kier molecular flexibility index (Phi) is 4.66. The van der Waals surface area contributed by atoms with Crippen molar-refractivity contribution in [2.75, 3.05) is 18.0 Å². The van der Waals surface area contributed by atoms with Crippen molar-refractivity contribution in [3.8, 4) is 0 Å². The Morgan fingerprint density at radius 3 is 2.74 bits per heavy atom. The first-order chi connectivity index (χ1) is 8.93. The minimum atomic E-state index is -4.12. The van der Waals surface area contributed by atoms with Gasteiger partial charge in [-0.2, -0.15) is 13.2 Å². The molecule has 0 spiro atoms. The second kappa shape index (κ2) is 5.92. The van der Waals surface area contributed by atoms with Crippen LogP contribution in [0.25, 0.3) is 0 Å². The fourth-order valence-corrected chi connectivity index (χ4v) is 3.43. The molecule has 1 aromatic rings. The number of hydrogen-bond acceptors (Lipinski definition) is 1. The molecule has 1 unspecified atom stereocenters. The molecule has 0 amide bonds. The van der Waals surface area contributed by atoms with E-state index in [2.05, 4.69) is 15.9 Å². The maximum Gasteiger partial charge on any atom is 0.393 e. The molecule has 1 nitrogen and oxygen atoms in total. The average Bonchev–Trinajstić information content (AvgIpc) is 2.37.